The van der Waals surface area contributed by atoms with E-state index in [2.05, 4.69) is 19.9 Å². The van der Waals surface area contributed by atoms with Gasteiger partial charge < -0.3 is 9.47 Å². The van der Waals surface area contributed by atoms with E-state index >= 15 is 0 Å². The van der Waals surface area contributed by atoms with Crippen LogP contribution in [0.2, 0.25) is 0 Å². The first-order chi connectivity index (χ1) is 13.3. The van der Waals surface area contributed by atoms with E-state index in [4.69, 9.17) is 0 Å². The van der Waals surface area contributed by atoms with Gasteiger partial charge in [-0.05, 0) is 43.9 Å². The van der Waals surface area contributed by atoms with Crippen molar-refractivity contribution in [2.24, 2.45) is 0 Å². The van der Waals surface area contributed by atoms with Gasteiger partial charge in [-0.3, -0.25) is 4.79 Å². The lowest BCUT2D eigenvalue weighted by atomic mass is 9.95. The molecule has 3 heterocycles. The van der Waals surface area contributed by atoms with E-state index in [0.717, 1.165) is 37.4 Å². The van der Waals surface area contributed by atoms with E-state index in [0.29, 0.717) is 17.5 Å². The van der Waals surface area contributed by atoms with Crippen molar-refractivity contribution in [3.05, 3.63) is 60.4 Å². The Morgan fingerprint density at radius 1 is 1.04 bits per heavy atom. The minimum atomic E-state index is 0.0724. The molecule has 7 nitrogen and oxygen atoms in total. The summed E-state index contributed by atoms with van der Waals surface area (Å²) in [5.41, 5.74) is 1.52. The van der Waals surface area contributed by atoms with Gasteiger partial charge >= 0.3 is 0 Å². The molecule has 0 atom stereocenters. The predicted molar refractivity (Wildman–Crippen MR) is 99.7 cm³/mol. The highest BCUT2D eigenvalue weighted by Gasteiger charge is 2.32. The van der Waals surface area contributed by atoms with Crippen molar-refractivity contribution >= 4 is 5.91 Å². The minimum absolute atomic E-state index is 0.0724. The van der Waals surface area contributed by atoms with Gasteiger partial charge in [-0.1, -0.05) is 12.1 Å². The van der Waals surface area contributed by atoms with Crippen LogP contribution in [-0.4, -0.2) is 48.4 Å². The van der Waals surface area contributed by atoms with Crippen LogP contribution >= 0.6 is 0 Å². The molecule has 138 valence electrons. The molecule has 1 aromatic carbocycles. The van der Waals surface area contributed by atoms with Gasteiger partial charge in [0.05, 0.1) is 11.3 Å². The maximum Gasteiger partial charge on any atom is 0.256 e. The van der Waals surface area contributed by atoms with Crippen LogP contribution in [0.3, 0.4) is 0 Å². The summed E-state index contributed by atoms with van der Waals surface area (Å²) in [7, 11) is 0. The van der Waals surface area contributed by atoms with Crippen LogP contribution in [0.15, 0.2) is 49.1 Å². The van der Waals surface area contributed by atoms with Crippen molar-refractivity contribution in [3.8, 4) is 5.69 Å². The summed E-state index contributed by atoms with van der Waals surface area (Å²) in [6.07, 6.45) is 9.78. The maximum absolute atomic E-state index is 13.1. The second kappa shape index (κ2) is 6.64. The molecule has 1 aliphatic heterocycles. The van der Waals surface area contributed by atoms with E-state index in [1.54, 1.807) is 10.9 Å². The third-order valence-corrected chi connectivity index (χ3v) is 5.57. The Kier molecular flexibility index (Phi) is 3.99. The zero-order valence-corrected chi connectivity index (χ0v) is 15.1. The van der Waals surface area contributed by atoms with Crippen molar-refractivity contribution in [2.45, 2.75) is 37.6 Å². The quantitative estimate of drug-likeness (QED) is 0.716. The molecule has 2 fully saturated rings. The Bertz CT molecular complexity index is 935. The first-order valence-electron chi connectivity index (χ1n) is 9.59. The average molecular weight is 362 g/mol. The lowest BCUT2D eigenvalue weighted by Crippen LogP contribution is -2.38. The van der Waals surface area contributed by atoms with E-state index in [1.165, 1.54) is 12.8 Å². The van der Waals surface area contributed by atoms with Crippen LogP contribution < -0.4 is 0 Å². The molecule has 2 aliphatic rings. The second-order valence-corrected chi connectivity index (χ2v) is 7.36. The van der Waals surface area contributed by atoms with Gasteiger partial charge in [0.15, 0.2) is 0 Å². The number of nitrogens with zero attached hydrogens (tertiary/aromatic N) is 6. The normalized spacial score (nSPS) is 18.0. The molecule has 0 bridgehead atoms. The third kappa shape index (κ3) is 3.03. The molecule has 0 N–H and O–H groups in total. The zero-order chi connectivity index (χ0) is 18.2. The van der Waals surface area contributed by atoms with E-state index < -0.39 is 0 Å². The molecule has 0 unspecified atom stereocenters. The molecule has 2 aromatic heterocycles. The molecule has 1 amide bonds. The number of hydrogen-bond acceptors (Lipinski definition) is 4. The number of likely N-dealkylation sites (tertiary alicyclic amines) is 1. The monoisotopic (exact) mass is 362 g/mol. The molecule has 1 aliphatic carbocycles. The Balaban J connectivity index is 1.31. The van der Waals surface area contributed by atoms with Gasteiger partial charge in [-0.2, -0.15) is 5.10 Å². The average Bonchev–Trinajstić information content (AvgIpc) is 3.21. The molecular weight excluding hydrogens is 340 g/mol. The molecule has 3 aromatic rings. The van der Waals surface area contributed by atoms with E-state index in [9.17, 15) is 4.79 Å². The number of amides is 1. The summed E-state index contributed by atoms with van der Waals surface area (Å²) in [5.74, 6) is 1.56. The van der Waals surface area contributed by atoms with Crippen molar-refractivity contribution in [1.82, 2.24) is 29.4 Å². The van der Waals surface area contributed by atoms with Crippen molar-refractivity contribution in [1.29, 1.82) is 0 Å². The first kappa shape index (κ1) is 16.2. The topological polar surface area (TPSA) is 68.8 Å². The van der Waals surface area contributed by atoms with Crippen molar-refractivity contribution in [3.63, 3.8) is 0 Å². The molecule has 1 saturated carbocycles. The first-order valence-corrected chi connectivity index (χ1v) is 9.59. The number of benzene rings is 1. The Morgan fingerprint density at radius 3 is 2.59 bits per heavy atom. The SMILES string of the molecule is O=C(c1ccccc1-n1cccn1)N1CCC(c2nncn2C2CC2)CC1. The molecular formula is C20H22N6O. The zero-order valence-electron chi connectivity index (χ0n) is 15.1. The lowest BCUT2D eigenvalue weighted by Gasteiger charge is -2.32. The summed E-state index contributed by atoms with van der Waals surface area (Å²) >= 11 is 0. The highest BCUT2D eigenvalue weighted by molar-refractivity contribution is 5.97. The van der Waals surface area contributed by atoms with Crippen LogP contribution in [0.25, 0.3) is 5.69 Å². The van der Waals surface area contributed by atoms with Crippen LogP contribution in [0.5, 0.6) is 0 Å². The second-order valence-electron chi connectivity index (χ2n) is 7.36. The highest BCUT2D eigenvalue weighted by Crippen LogP contribution is 2.38. The highest BCUT2D eigenvalue weighted by atomic mass is 16.2. The smallest absolute Gasteiger partial charge is 0.256 e. The third-order valence-electron chi connectivity index (χ3n) is 5.57. The lowest BCUT2D eigenvalue weighted by molar-refractivity contribution is 0.0710. The number of carbonyl (C=O) groups excluding carboxylic acids is 1. The number of piperidine rings is 1. The number of para-hydroxylation sites is 1. The molecule has 0 radical (unpaired) electrons. The van der Waals surface area contributed by atoms with Gasteiger partial charge in [-0.25, -0.2) is 4.68 Å². The fraction of sp³-hybridized carbons (Fsp3) is 0.400. The number of rotatable bonds is 4. The molecule has 0 spiro atoms. The Labute approximate surface area is 157 Å². The summed E-state index contributed by atoms with van der Waals surface area (Å²) in [6, 6.07) is 10.1. The summed E-state index contributed by atoms with van der Waals surface area (Å²) in [4.78, 5) is 15.1. The molecule has 5 rings (SSSR count). The van der Waals surface area contributed by atoms with Gasteiger partial charge in [0.2, 0.25) is 0 Å². The number of aromatic nitrogens is 5. The van der Waals surface area contributed by atoms with E-state index in [-0.39, 0.29) is 5.91 Å². The summed E-state index contributed by atoms with van der Waals surface area (Å²) in [5, 5.41) is 12.8. The van der Waals surface area contributed by atoms with Crippen molar-refractivity contribution in [2.75, 3.05) is 13.1 Å². The standard InChI is InChI=1S/C20H22N6O/c27-20(17-4-1-2-5-18(17)26-11-3-10-22-26)24-12-8-15(9-13-24)19-23-21-14-25(19)16-6-7-16/h1-5,10-11,14-16H,6-9,12-13H2. The minimum Gasteiger partial charge on any atom is -0.339 e. The van der Waals surface area contributed by atoms with Gasteiger partial charge in [0.1, 0.15) is 12.2 Å². The van der Waals surface area contributed by atoms with Crippen LogP contribution in [0.1, 0.15) is 53.8 Å². The predicted octanol–water partition coefficient (Wildman–Crippen LogP) is 2.82. The van der Waals surface area contributed by atoms with Crippen LogP contribution in [0, 0.1) is 0 Å². The largest absolute Gasteiger partial charge is 0.339 e. The Morgan fingerprint density at radius 2 is 1.85 bits per heavy atom. The van der Waals surface area contributed by atoms with Crippen molar-refractivity contribution < 1.29 is 4.79 Å². The number of carbonyl (C=O) groups is 1. The molecule has 1 saturated heterocycles. The fourth-order valence-electron chi connectivity index (χ4n) is 3.95. The maximum atomic E-state index is 13.1. The van der Waals surface area contributed by atoms with Crippen LogP contribution in [0.4, 0.5) is 0 Å². The van der Waals surface area contributed by atoms with Crippen LogP contribution in [-0.2, 0) is 0 Å². The number of hydrogen-bond donors (Lipinski definition) is 0. The summed E-state index contributed by atoms with van der Waals surface area (Å²) < 4.78 is 3.99. The molecule has 27 heavy (non-hydrogen) atoms. The van der Waals surface area contributed by atoms with Gasteiger partial charge in [-0.15, -0.1) is 10.2 Å². The Hall–Kier alpha value is -2.96. The van der Waals surface area contributed by atoms with Gasteiger partial charge in [0.25, 0.3) is 5.91 Å². The molecule has 7 heteroatoms. The fourth-order valence-corrected chi connectivity index (χ4v) is 3.95. The van der Waals surface area contributed by atoms with E-state index in [1.807, 2.05) is 47.8 Å². The van der Waals surface area contributed by atoms with Gasteiger partial charge in [0, 0.05) is 37.4 Å². The summed E-state index contributed by atoms with van der Waals surface area (Å²) in [6.45, 7) is 1.49.